The second-order valence-corrected chi connectivity index (χ2v) is 4.60. The Hall–Kier alpha value is -1.32. The molecule has 1 aromatic carbocycles. The van der Waals surface area contributed by atoms with Gasteiger partial charge in [-0.15, -0.1) is 0 Å². The molecule has 0 spiro atoms. The minimum atomic E-state index is 0.842. The molecule has 3 nitrogen and oxygen atoms in total. The van der Waals surface area contributed by atoms with Crippen LogP contribution in [0.5, 0.6) is 0 Å². The van der Waals surface area contributed by atoms with E-state index in [0.29, 0.717) is 0 Å². The maximum absolute atomic E-state index is 5.66. The molecule has 1 aliphatic rings. The van der Waals surface area contributed by atoms with Crippen molar-refractivity contribution in [2.75, 3.05) is 26.3 Å². The summed E-state index contributed by atoms with van der Waals surface area (Å²) in [5.74, 6) is 0. The summed E-state index contributed by atoms with van der Waals surface area (Å²) in [5.41, 5.74) is 3.51. The molecule has 17 heavy (non-hydrogen) atoms. The Morgan fingerprint density at radius 2 is 2.06 bits per heavy atom. The Morgan fingerprint density at radius 1 is 1.24 bits per heavy atom. The molecule has 0 atom stereocenters. The van der Waals surface area contributed by atoms with E-state index >= 15 is 0 Å². The molecule has 0 bridgehead atoms. The summed E-state index contributed by atoms with van der Waals surface area (Å²) in [7, 11) is 0. The Balaban J connectivity index is 1.87. The summed E-state index contributed by atoms with van der Waals surface area (Å²) in [6.07, 6.45) is 1.90. The topological polar surface area (TPSA) is 25.6 Å². The summed E-state index contributed by atoms with van der Waals surface area (Å²) in [6.45, 7) is 6.75. The number of nitrogens with zero attached hydrogens (tertiary/aromatic N) is 1. The fourth-order valence-electron chi connectivity index (χ4n) is 2.38. The number of hydrogen-bond donors (Lipinski definition) is 0. The van der Waals surface area contributed by atoms with Crippen LogP contribution in [0.1, 0.15) is 11.1 Å². The molecule has 1 saturated heterocycles. The number of ether oxygens (including phenoxy) is 1. The van der Waals surface area contributed by atoms with E-state index in [2.05, 4.69) is 30.0 Å². The van der Waals surface area contributed by atoms with Crippen molar-refractivity contribution in [3.63, 3.8) is 0 Å². The van der Waals surface area contributed by atoms with E-state index < -0.39 is 0 Å². The van der Waals surface area contributed by atoms with E-state index in [0.717, 1.165) is 38.4 Å². The predicted molar refractivity (Wildman–Crippen MR) is 67.0 cm³/mol. The lowest BCUT2D eigenvalue weighted by atomic mass is 10.1. The number of fused-ring (bicyclic) bond motifs is 1. The third kappa shape index (κ3) is 2.08. The van der Waals surface area contributed by atoms with E-state index in [4.69, 9.17) is 9.15 Å². The summed E-state index contributed by atoms with van der Waals surface area (Å²) in [6, 6.07) is 6.32. The zero-order chi connectivity index (χ0) is 11.7. The van der Waals surface area contributed by atoms with E-state index in [1.807, 2.05) is 6.26 Å². The van der Waals surface area contributed by atoms with Crippen LogP contribution in [0.4, 0.5) is 0 Å². The molecule has 1 fully saturated rings. The van der Waals surface area contributed by atoms with Gasteiger partial charge in [0.1, 0.15) is 5.58 Å². The molecule has 1 aromatic heterocycles. The molecular formula is C14H17NO2. The number of furan rings is 1. The Morgan fingerprint density at radius 3 is 2.88 bits per heavy atom. The lowest BCUT2D eigenvalue weighted by molar-refractivity contribution is 0.0342. The maximum atomic E-state index is 5.66. The van der Waals surface area contributed by atoms with Crippen LogP contribution in [0.15, 0.2) is 28.9 Å². The number of aryl methyl sites for hydroxylation is 1. The molecule has 0 aliphatic carbocycles. The lowest BCUT2D eigenvalue weighted by Gasteiger charge is -2.26. The van der Waals surface area contributed by atoms with Gasteiger partial charge in [-0.3, -0.25) is 4.90 Å². The third-order valence-corrected chi connectivity index (χ3v) is 3.37. The molecule has 0 saturated carbocycles. The van der Waals surface area contributed by atoms with Crippen molar-refractivity contribution in [2.24, 2.45) is 0 Å². The number of morpholine rings is 1. The van der Waals surface area contributed by atoms with Crippen LogP contribution >= 0.6 is 0 Å². The Labute approximate surface area is 101 Å². The predicted octanol–water partition coefficient (Wildman–Crippen LogP) is 2.57. The van der Waals surface area contributed by atoms with E-state index in [1.54, 1.807) is 0 Å². The number of hydrogen-bond acceptors (Lipinski definition) is 3. The monoisotopic (exact) mass is 231 g/mol. The zero-order valence-corrected chi connectivity index (χ0v) is 10.1. The minimum Gasteiger partial charge on any atom is -0.464 e. The van der Waals surface area contributed by atoms with Gasteiger partial charge in [0.05, 0.1) is 19.5 Å². The summed E-state index contributed by atoms with van der Waals surface area (Å²) < 4.78 is 11.0. The highest BCUT2D eigenvalue weighted by atomic mass is 16.5. The van der Waals surface area contributed by atoms with Crippen molar-refractivity contribution >= 4 is 11.0 Å². The first kappa shape index (κ1) is 10.8. The smallest absolute Gasteiger partial charge is 0.137 e. The molecule has 2 aromatic rings. The fourth-order valence-corrected chi connectivity index (χ4v) is 2.38. The molecule has 3 heteroatoms. The first-order chi connectivity index (χ1) is 8.34. The highest BCUT2D eigenvalue weighted by Gasteiger charge is 2.14. The molecule has 3 rings (SSSR count). The van der Waals surface area contributed by atoms with Crippen molar-refractivity contribution in [1.29, 1.82) is 0 Å². The van der Waals surface area contributed by atoms with Crippen LogP contribution in [-0.4, -0.2) is 31.2 Å². The van der Waals surface area contributed by atoms with Gasteiger partial charge in [0, 0.05) is 30.6 Å². The molecule has 0 amide bonds. The van der Waals surface area contributed by atoms with Crippen molar-refractivity contribution in [1.82, 2.24) is 4.90 Å². The largest absolute Gasteiger partial charge is 0.464 e. The Bertz CT molecular complexity index is 512. The van der Waals surface area contributed by atoms with Crippen molar-refractivity contribution < 1.29 is 9.15 Å². The highest BCUT2D eigenvalue weighted by Crippen LogP contribution is 2.25. The molecule has 0 radical (unpaired) electrons. The summed E-state index contributed by atoms with van der Waals surface area (Å²) in [4.78, 5) is 2.41. The van der Waals surface area contributed by atoms with Gasteiger partial charge < -0.3 is 9.15 Å². The van der Waals surface area contributed by atoms with Gasteiger partial charge in [-0.2, -0.15) is 0 Å². The number of para-hydroxylation sites is 1. The summed E-state index contributed by atoms with van der Waals surface area (Å²) in [5, 5.41) is 1.25. The number of benzene rings is 1. The second kappa shape index (κ2) is 4.51. The molecule has 1 aliphatic heterocycles. The zero-order valence-electron chi connectivity index (χ0n) is 10.1. The Kier molecular flexibility index (Phi) is 2.87. The highest BCUT2D eigenvalue weighted by molar-refractivity contribution is 5.83. The van der Waals surface area contributed by atoms with E-state index in [1.165, 1.54) is 16.5 Å². The van der Waals surface area contributed by atoms with Crippen molar-refractivity contribution in [2.45, 2.75) is 13.5 Å². The van der Waals surface area contributed by atoms with Crippen LogP contribution in [0.2, 0.25) is 0 Å². The van der Waals surface area contributed by atoms with Crippen molar-refractivity contribution in [3.8, 4) is 0 Å². The third-order valence-electron chi connectivity index (χ3n) is 3.37. The fraction of sp³-hybridized carbons (Fsp3) is 0.429. The quantitative estimate of drug-likeness (QED) is 0.794. The lowest BCUT2D eigenvalue weighted by Crippen LogP contribution is -2.35. The van der Waals surface area contributed by atoms with Crippen LogP contribution in [0.25, 0.3) is 11.0 Å². The molecule has 2 heterocycles. The maximum Gasteiger partial charge on any atom is 0.137 e. The number of rotatable bonds is 2. The van der Waals surface area contributed by atoms with Gasteiger partial charge in [-0.05, 0) is 12.5 Å². The molecule has 0 N–H and O–H groups in total. The van der Waals surface area contributed by atoms with Crippen LogP contribution in [0, 0.1) is 6.92 Å². The first-order valence-electron chi connectivity index (χ1n) is 6.10. The van der Waals surface area contributed by atoms with Crippen LogP contribution < -0.4 is 0 Å². The van der Waals surface area contributed by atoms with Crippen LogP contribution in [0.3, 0.4) is 0 Å². The van der Waals surface area contributed by atoms with Gasteiger partial charge in [0.15, 0.2) is 0 Å². The molecule has 0 unspecified atom stereocenters. The van der Waals surface area contributed by atoms with E-state index in [9.17, 15) is 0 Å². The van der Waals surface area contributed by atoms with Crippen LogP contribution in [-0.2, 0) is 11.3 Å². The average molecular weight is 231 g/mol. The van der Waals surface area contributed by atoms with Gasteiger partial charge in [0.25, 0.3) is 0 Å². The SMILES string of the molecule is Cc1cccc2c(CN3CCOCC3)coc12. The first-order valence-corrected chi connectivity index (χ1v) is 6.10. The summed E-state index contributed by atoms with van der Waals surface area (Å²) >= 11 is 0. The standard InChI is InChI=1S/C14H17NO2/c1-11-3-2-4-13-12(10-17-14(11)13)9-15-5-7-16-8-6-15/h2-4,10H,5-9H2,1H3. The second-order valence-electron chi connectivity index (χ2n) is 4.60. The molecule has 90 valence electrons. The van der Waals surface area contributed by atoms with Gasteiger partial charge in [0.2, 0.25) is 0 Å². The average Bonchev–Trinajstić information content (AvgIpc) is 2.76. The molecular weight excluding hydrogens is 214 g/mol. The van der Waals surface area contributed by atoms with Gasteiger partial charge in [-0.25, -0.2) is 0 Å². The van der Waals surface area contributed by atoms with Crippen molar-refractivity contribution in [3.05, 3.63) is 35.6 Å². The van der Waals surface area contributed by atoms with Gasteiger partial charge >= 0.3 is 0 Å². The normalized spacial score (nSPS) is 17.7. The van der Waals surface area contributed by atoms with E-state index in [-0.39, 0.29) is 0 Å². The minimum absolute atomic E-state index is 0.842. The van der Waals surface area contributed by atoms with Gasteiger partial charge in [-0.1, -0.05) is 18.2 Å².